The summed E-state index contributed by atoms with van der Waals surface area (Å²) in [7, 11) is -3.84. The van der Waals surface area contributed by atoms with E-state index in [4.69, 9.17) is 0 Å². The van der Waals surface area contributed by atoms with E-state index in [-0.39, 0.29) is 9.37 Å². The van der Waals surface area contributed by atoms with E-state index >= 15 is 0 Å². The summed E-state index contributed by atoms with van der Waals surface area (Å²) in [6, 6.07) is 6.04. The summed E-state index contributed by atoms with van der Waals surface area (Å²) in [5.74, 6) is -0.449. The largest absolute Gasteiger partial charge is 0.388 e. The minimum absolute atomic E-state index is 0.175. The molecule has 2 aromatic carbocycles. The first-order valence-electron chi connectivity index (χ1n) is 7.49. The number of hydrogen-bond donors (Lipinski definition) is 2. The maximum atomic E-state index is 13.5. The van der Waals surface area contributed by atoms with Gasteiger partial charge in [-0.1, -0.05) is 6.07 Å². The van der Waals surface area contributed by atoms with Gasteiger partial charge in [-0.05, 0) is 83.1 Å². The quantitative estimate of drug-likeness (QED) is 0.799. The molecule has 1 unspecified atom stereocenters. The molecule has 0 aliphatic heterocycles. The van der Waals surface area contributed by atoms with Crippen molar-refractivity contribution in [2.45, 2.75) is 37.7 Å². The van der Waals surface area contributed by atoms with Crippen LogP contribution >= 0.6 is 15.9 Å². The fourth-order valence-corrected chi connectivity index (χ4v) is 4.87. The molecule has 0 bridgehead atoms. The lowest BCUT2D eigenvalue weighted by Gasteiger charge is -2.15. The fourth-order valence-electron chi connectivity index (χ4n) is 3.01. The number of sulfonamides is 1. The molecule has 0 spiro atoms. The second kappa shape index (κ2) is 6.13. The van der Waals surface area contributed by atoms with Crippen LogP contribution < -0.4 is 4.72 Å². The van der Waals surface area contributed by atoms with Gasteiger partial charge in [-0.3, -0.25) is 4.72 Å². The zero-order valence-corrected chi connectivity index (χ0v) is 15.6. The Bertz CT molecular complexity index is 928. The van der Waals surface area contributed by atoms with Crippen LogP contribution in [0.2, 0.25) is 0 Å². The summed E-state index contributed by atoms with van der Waals surface area (Å²) in [6.45, 7) is 3.43. The minimum atomic E-state index is -3.84. The molecule has 4 nitrogen and oxygen atoms in total. The first-order chi connectivity index (χ1) is 11.2. The second-order valence-corrected chi connectivity index (χ2v) is 8.47. The third-order valence-electron chi connectivity index (χ3n) is 4.29. The molecular weight excluding hydrogens is 397 g/mol. The first-order valence-corrected chi connectivity index (χ1v) is 9.77. The van der Waals surface area contributed by atoms with E-state index in [0.29, 0.717) is 35.2 Å². The summed E-state index contributed by atoms with van der Waals surface area (Å²) < 4.78 is 42.0. The SMILES string of the molecule is Cc1cc2c(c(S(=O)(=O)Nc3ccc(F)c(Br)c3C)c1)CCC2O. The van der Waals surface area contributed by atoms with Crippen molar-refractivity contribution < 1.29 is 17.9 Å². The number of nitrogens with one attached hydrogen (secondary N) is 1. The molecule has 128 valence electrons. The van der Waals surface area contributed by atoms with Crippen molar-refractivity contribution in [1.29, 1.82) is 0 Å². The van der Waals surface area contributed by atoms with Crippen LogP contribution in [0.25, 0.3) is 0 Å². The van der Waals surface area contributed by atoms with E-state index < -0.39 is 21.9 Å². The standard InChI is InChI=1S/C17H17BrFNO3S/c1-9-7-12-11(3-6-15(12)21)16(8-9)24(22,23)20-14-5-4-13(19)17(18)10(14)2/h4-5,7-8,15,20-21H,3,6H2,1-2H3. The zero-order chi connectivity index (χ0) is 17.6. The van der Waals surface area contributed by atoms with Crippen molar-refractivity contribution in [1.82, 2.24) is 0 Å². The molecule has 2 aromatic rings. The van der Waals surface area contributed by atoms with Crippen LogP contribution in [-0.4, -0.2) is 13.5 Å². The Labute approximate surface area is 148 Å². The maximum absolute atomic E-state index is 13.5. The highest BCUT2D eigenvalue weighted by atomic mass is 79.9. The molecule has 0 heterocycles. The highest BCUT2D eigenvalue weighted by molar-refractivity contribution is 9.10. The third kappa shape index (κ3) is 2.96. The van der Waals surface area contributed by atoms with Gasteiger partial charge < -0.3 is 5.11 Å². The van der Waals surface area contributed by atoms with E-state index in [1.807, 2.05) is 6.07 Å². The van der Waals surface area contributed by atoms with Gasteiger partial charge in [-0.15, -0.1) is 0 Å². The molecule has 0 saturated heterocycles. The molecular formula is C17H17BrFNO3S. The Morgan fingerprint density at radius 1 is 1.29 bits per heavy atom. The lowest BCUT2D eigenvalue weighted by atomic mass is 10.1. The summed E-state index contributed by atoms with van der Waals surface area (Å²) in [5.41, 5.74) is 2.89. The number of aliphatic hydroxyl groups is 1. The predicted octanol–water partition coefficient (Wildman–Crippen LogP) is 3.99. The average molecular weight is 414 g/mol. The summed E-state index contributed by atoms with van der Waals surface area (Å²) in [4.78, 5) is 0.175. The van der Waals surface area contributed by atoms with Crippen LogP contribution in [0.4, 0.5) is 10.1 Å². The highest BCUT2D eigenvalue weighted by Gasteiger charge is 2.29. The molecule has 1 atom stereocenters. The van der Waals surface area contributed by atoms with Crippen molar-refractivity contribution in [2.24, 2.45) is 0 Å². The Morgan fingerprint density at radius 3 is 2.71 bits per heavy atom. The molecule has 0 radical (unpaired) electrons. The Hall–Kier alpha value is -1.44. The van der Waals surface area contributed by atoms with Crippen molar-refractivity contribution in [3.63, 3.8) is 0 Å². The molecule has 0 fully saturated rings. The minimum Gasteiger partial charge on any atom is -0.388 e. The van der Waals surface area contributed by atoms with Gasteiger partial charge in [0.1, 0.15) is 5.82 Å². The smallest absolute Gasteiger partial charge is 0.262 e. The predicted molar refractivity (Wildman–Crippen MR) is 94.1 cm³/mol. The Balaban J connectivity index is 2.07. The Morgan fingerprint density at radius 2 is 2.00 bits per heavy atom. The molecule has 2 N–H and O–H groups in total. The third-order valence-corrected chi connectivity index (χ3v) is 6.69. The number of rotatable bonds is 3. The normalized spacial score (nSPS) is 17.0. The Kier molecular flexibility index (Phi) is 4.44. The van der Waals surface area contributed by atoms with Gasteiger partial charge in [0.2, 0.25) is 0 Å². The number of benzene rings is 2. The molecule has 3 rings (SSSR count). The highest BCUT2D eigenvalue weighted by Crippen LogP contribution is 2.37. The number of fused-ring (bicyclic) bond motifs is 1. The monoisotopic (exact) mass is 413 g/mol. The topological polar surface area (TPSA) is 66.4 Å². The molecule has 1 aliphatic carbocycles. The first kappa shape index (κ1) is 17.4. The number of halogens is 2. The molecule has 0 saturated carbocycles. The second-order valence-electron chi connectivity index (χ2n) is 6.02. The number of hydrogen-bond acceptors (Lipinski definition) is 3. The number of aliphatic hydroxyl groups excluding tert-OH is 1. The van der Waals surface area contributed by atoms with Crippen molar-refractivity contribution >= 4 is 31.6 Å². The van der Waals surface area contributed by atoms with Crippen LogP contribution in [0, 0.1) is 19.7 Å². The van der Waals surface area contributed by atoms with Crippen LogP contribution in [-0.2, 0) is 16.4 Å². The average Bonchev–Trinajstić information content (AvgIpc) is 2.88. The number of aryl methyl sites for hydroxylation is 1. The van der Waals surface area contributed by atoms with Gasteiger partial charge in [0.05, 0.1) is 21.2 Å². The fraction of sp³-hybridized carbons (Fsp3) is 0.294. The van der Waals surface area contributed by atoms with Gasteiger partial charge in [-0.25, -0.2) is 12.8 Å². The van der Waals surface area contributed by atoms with Crippen molar-refractivity contribution in [3.05, 3.63) is 56.8 Å². The molecule has 0 aromatic heterocycles. The lowest BCUT2D eigenvalue weighted by Crippen LogP contribution is -2.16. The van der Waals surface area contributed by atoms with Gasteiger partial charge in [0.25, 0.3) is 10.0 Å². The molecule has 24 heavy (non-hydrogen) atoms. The van der Waals surface area contributed by atoms with Crippen molar-refractivity contribution in [3.8, 4) is 0 Å². The molecule has 0 amide bonds. The lowest BCUT2D eigenvalue weighted by molar-refractivity contribution is 0.180. The van der Waals surface area contributed by atoms with E-state index in [1.54, 1.807) is 19.9 Å². The zero-order valence-electron chi connectivity index (χ0n) is 13.2. The van der Waals surface area contributed by atoms with Crippen molar-refractivity contribution in [2.75, 3.05) is 4.72 Å². The number of anilines is 1. The van der Waals surface area contributed by atoms with Gasteiger partial charge in [-0.2, -0.15) is 0 Å². The molecule has 7 heteroatoms. The summed E-state index contributed by atoms with van der Waals surface area (Å²) in [6.07, 6.45) is 0.400. The molecule has 1 aliphatic rings. The van der Waals surface area contributed by atoms with Crippen LogP contribution in [0.15, 0.2) is 33.6 Å². The van der Waals surface area contributed by atoms with Gasteiger partial charge in [0, 0.05) is 0 Å². The van der Waals surface area contributed by atoms with E-state index in [2.05, 4.69) is 20.7 Å². The van der Waals surface area contributed by atoms with Gasteiger partial charge in [0.15, 0.2) is 0 Å². The van der Waals surface area contributed by atoms with Crippen LogP contribution in [0.1, 0.15) is 34.8 Å². The van der Waals surface area contributed by atoms with E-state index in [0.717, 1.165) is 5.56 Å². The van der Waals surface area contributed by atoms with E-state index in [1.165, 1.54) is 12.1 Å². The van der Waals surface area contributed by atoms with Gasteiger partial charge >= 0.3 is 0 Å². The van der Waals surface area contributed by atoms with Crippen LogP contribution in [0.3, 0.4) is 0 Å². The van der Waals surface area contributed by atoms with Crippen LogP contribution in [0.5, 0.6) is 0 Å². The maximum Gasteiger partial charge on any atom is 0.262 e. The summed E-state index contributed by atoms with van der Waals surface area (Å²) >= 11 is 3.12. The summed E-state index contributed by atoms with van der Waals surface area (Å²) in [5, 5.41) is 10.0. The van der Waals surface area contributed by atoms with E-state index in [9.17, 15) is 17.9 Å².